The molecule has 1 saturated heterocycles. The van der Waals surface area contributed by atoms with E-state index < -0.39 is 0 Å². The molecule has 3 heterocycles. The number of aromatic nitrogens is 2. The number of aromatic amines is 1. The fraction of sp³-hybridized carbons (Fsp3) is 0.333. The molecule has 0 bridgehead atoms. The monoisotopic (exact) mass is 364 g/mol. The number of hydrogen-bond acceptors (Lipinski definition) is 5. The zero-order valence-electron chi connectivity index (χ0n) is 15.7. The summed E-state index contributed by atoms with van der Waals surface area (Å²) in [6.07, 6.45) is 1.84. The van der Waals surface area contributed by atoms with Gasteiger partial charge >= 0.3 is 0 Å². The van der Waals surface area contributed by atoms with Gasteiger partial charge in [-0.15, -0.1) is 0 Å². The maximum absolute atomic E-state index is 10.3. The number of ether oxygens (including phenoxy) is 1. The molecule has 0 radical (unpaired) electrons. The number of morpholine rings is 1. The Morgan fingerprint density at radius 3 is 2.67 bits per heavy atom. The largest absolute Gasteiger partial charge is 0.494 e. The van der Waals surface area contributed by atoms with E-state index in [1.165, 1.54) is 0 Å². The maximum atomic E-state index is 10.3. The lowest BCUT2D eigenvalue weighted by Gasteiger charge is -2.26. The Hall–Kier alpha value is -2.88. The number of pyridine rings is 1. The van der Waals surface area contributed by atoms with Crippen LogP contribution in [0.3, 0.4) is 0 Å². The van der Waals surface area contributed by atoms with Gasteiger partial charge in [0.2, 0.25) is 0 Å². The molecule has 1 aliphatic rings. The summed E-state index contributed by atoms with van der Waals surface area (Å²) in [5.74, 6) is 0.0681. The highest BCUT2D eigenvalue weighted by molar-refractivity contribution is 5.98. The number of H-pyrrole nitrogens is 1. The second-order valence-corrected chi connectivity index (χ2v) is 6.16. The highest BCUT2D eigenvalue weighted by Gasteiger charge is 2.15. The first-order chi connectivity index (χ1) is 13.2. The number of aromatic hydroxyl groups is 1. The van der Waals surface area contributed by atoms with Crippen LogP contribution in [0.2, 0.25) is 0 Å². The van der Waals surface area contributed by atoms with E-state index in [-0.39, 0.29) is 5.88 Å². The van der Waals surface area contributed by atoms with Gasteiger partial charge in [-0.3, -0.25) is 9.88 Å². The van der Waals surface area contributed by atoms with E-state index in [9.17, 15) is 5.11 Å². The third kappa shape index (κ3) is 4.11. The molecule has 0 saturated carbocycles. The van der Waals surface area contributed by atoms with E-state index in [1.54, 1.807) is 18.2 Å². The van der Waals surface area contributed by atoms with Crippen LogP contribution in [0.15, 0.2) is 36.5 Å². The SMILES string of the molecule is CC.N#Cc1ccc2[nH]c(O)c(-c3ccc(CN4CCOCC4)cn3)c2c1. The number of hydrogen-bond donors (Lipinski definition) is 2. The Kier molecular flexibility index (Phi) is 6.07. The van der Waals surface area contributed by atoms with Crippen molar-refractivity contribution in [1.82, 2.24) is 14.9 Å². The third-order valence-corrected chi connectivity index (χ3v) is 4.50. The van der Waals surface area contributed by atoms with Crippen LogP contribution < -0.4 is 0 Å². The summed E-state index contributed by atoms with van der Waals surface area (Å²) in [7, 11) is 0. The molecule has 0 amide bonds. The molecule has 1 aliphatic heterocycles. The number of fused-ring (bicyclic) bond motifs is 1. The molecule has 2 N–H and O–H groups in total. The first kappa shape index (κ1) is 18.9. The number of rotatable bonds is 3. The van der Waals surface area contributed by atoms with Crippen molar-refractivity contribution in [1.29, 1.82) is 5.26 Å². The second-order valence-electron chi connectivity index (χ2n) is 6.16. The molecule has 2 aromatic heterocycles. The van der Waals surface area contributed by atoms with Crippen molar-refractivity contribution in [3.8, 4) is 23.2 Å². The van der Waals surface area contributed by atoms with Gasteiger partial charge in [0.25, 0.3) is 0 Å². The fourth-order valence-electron chi connectivity index (χ4n) is 3.19. The quantitative estimate of drug-likeness (QED) is 0.741. The van der Waals surface area contributed by atoms with Crippen LogP contribution in [0, 0.1) is 11.3 Å². The molecular weight excluding hydrogens is 340 g/mol. The van der Waals surface area contributed by atoms with Crippen molar-refractivity contribution in [3.63, 3.8) is 0 Å². The maximum Gasteiger partial charge on any atom is 0.199 e. The van der Waals surface area contributed by atoms with Gasteiger partial charge in [-0.25, -0.2) is 0 Å². The van der Waals surface area contributed by atoms with Crippen LogP contribution in [0.5, 0.6) is 5.88 Å². The summed E-state index contributed by atoms with van der Waals surface area (Å²) < 4.78 is 5.37. The molecular formula is C21H24N4O2. The van der Waals surface area contributed by atoms with Crippen molar-refractivity contribution in [2.24, 2.45) is 0 Å². The van der Waals surface area contributed by atoms with Gasteiger partial charge < -0.3 is 14.8 Å². The van der Waals surface area contributed by atoms with Gasteiger partial charge in [0.15, 0.2) is 5.88 Å². The highest BCUT2D eigenvalue weighted by atomic mass is 16.5. The third-order valence-electron chi connectivity index (χ3n) is 4.50. The molecule has 1 aromatic carbocycles. The van der Waals surface area contributed by atoms with Gasteiger partial charge in [0.1, 0.15) is 0 Å². The standard InChI is InChI=1S/C19H18N4O2.C2H6/c20-10-13-1-3-16-15(9-13)18(19(24)22-16)17-4-2-14(11-21-17)12-23-5-7-25-8-6-23;1-2/h1-4,9,11,22,24H,5-8,12H2;1-2H3. The van der Waals surface area contributed by atoms with E-state index >= 15 is 0 Å². The lowest BCUT2D eigenvalue weighted by Crippen LogP contribution is -2.35. The van der Waals surface area contributed by atoms with Crippen molar-refractivity contribution in [2.45, 2.75) is 20.4 Å². The van der Waals surface area contributed by atoms with Gasteiger partial charge in [0, 0.05) is 36.7 Å². The highest BCUT2D eigenvalue weighted by Crippen LogP contribution is 2.36. The first-order valence-electron chi connectivity index (χ1n) is 9.25. The van der Waals surface area contributed by atoms with Crippen LogP contribution in [0.1, 0.15) is 25.0 Å². The topological polar surface area (TPSA) is 85.2 Å². The first-order valence-corrected chi connectivity index (χ1v) is 9.25. The van der Waals surface area contributed by atoms with Gasteiger partial charge in [-0.2, -0.15) is 5.26 Å². The van der Waals surface area contributed by atoms with Crippen molar-refractivity contribution < 1.29 is 9.84 Å². The Labute approximate surface area is 159 Å². The second kappa shape index (κ2) is 8.67. The van der Waals surface area contributed by atoms with E-state index in [2.05, 4.69) is 20.9 Å². The van der Waals surface area contributed by atoms with Crippen molar-refractivity contribution in [2.75, 3.05) is 26.3 Å². The average molecular weight is 364 g/mol. The predicted octanol–water partition coefficient (Wildman–Crippen LogP) is 3.67. The Balaban J connectivity index is 0.00000102. The van der Waals surface area contributed by atoms with Crippen LogP contribution in [-0.4, -0.2) is 46.3 Å². The van der Waals surface area contributed by atoms with Crippen LogP contribution in [0.25, 0.3) is 22.2 Å². The Bertz CT molecular complexity index is 935. The number of nitrogens with one attached hydrogen (secondary N) is 1. The van der Waals surface area contributed by atoms with E-state index in [0.717, 1.165) is 49.3 Å². The van der Waals surface area contributed by atoms with Crippen LogP contribution in [-0.2, 0) is 11.3 Å². The molecule has 6 heteroatoms. The number of nitrogens with zero attached hydrogens (tertiary/aromatic N) is 3. The average Bonchev–Trinajstić information content (AvgIpc) is 3.06. The molecule has 1 fully saturated rings. The van der Waals surface area contributed by atoms with E-state index in [1.807, 2.05) is 32.2 Å². The van der Waals surface area contributed by atoms with Gasteiger partial charge in [-0.1, -0.05) is 19.9 Å². The van der Waals surface area contributed by atoms with E-state index in [0.29, 0.717) is 16.8 Å². The van der Waals surface area contributed by atoms with Gasteiger partial charge in [-0.05, 0) is 29.8 Å². The Morgan fingerprint density at radius 1 is 1.22 bits per heavy atom. The molecule has 6 nitrogen and oxygen atoms in total. The molecule has 140 valence electrons. The predicted molar refractivity (Wildman–Crippen MR) is 105 cm³/mol. The summed E-state index contributed by atoms with van der Waals surface area (Å²) in [4.78, 5) is 9.81. The van der Waals surface area contributed by atoms with Crippen LogP contribution >= 0.6 is 0 Å². The van der Waals surface area contributed by atoms with Crippen LogP contribution in [0.4, 0.5) is 0 Å². The van der Waals surface area contributed by atoms with Gasteiger partial charge in [0.05, 0.1) is 36.1 Å². The molecule has 3 aromatic rings. The molecule has 0 spiro atoms. The zero-order valence-corrected chi connectivity index (χ0v) is 15.7. The molecule has 4 rings (SSSR count). The number of nitriles is 1. The minimum atomic E-state index is 0.0681. The van der Waals surface area contributed by atoms with E-state index in [4.69, 9.17) is 10.00 Å². The summed E-state index contributed by atoms with van der Waals surface area (Å²) in [6.45, 7) is 8.25. The van der Waals surface area contributed by atoms with Crippen molar-refractivity contribution >= 4 is 10.9 Å². The minimum Gasteiger partial charge on any atom is -0.494 e. The number of benzene rings is 1. The summed E-state index contributed by atoms with van der Waals surface area (Å²) in [5.41, 5.74) is 3.78. The van der Waals surface area contributed by atoms with Crippen molar-refractivity contribution in [3.05, 3.63) is 47.7 Å². The zero-order chi connectivity index (χ0) is 19.2. The molecule has 0 aliphatic carbocycles. The minimum absolute atomic E-state index is 0.0681. The normalized spacial score (nSPS) is 14.4. The smallest absolute Gasteiger partial charge is 0.199 e. The molecule has 0 atom stereocenters. The lowest BCUT2D eigenvalue weighted by molar-refractivity contribution is 0.0341. The summed E-state index contributed by atoms with van der Waals surface area (Å²) >= 11 is 0. The molecule has 27 heavy (non-hydrogen) atoms. The fourth-order valence-corrected chi connectivity index (χ4v) is 3.19. The Morgan fingerprint density at radius 2 is 2.00 bits per heavy atom. The summed E-state index contributed by atoms with van der Waals surface area (Å²) in [5, 5.41) is 20.2. The summed E-state index contributed by atoms with van der Waals surface area (Å²) in [6, 6.07) is 11.4. The molecule has 0 unspecified atom stereocenters. The lowest BCUT2D eigenvalue weighted by atomic mass is 10.1.